The minimum absolute atomic E-state index is 0.0821. The highest BCUT2D eigenvalue weighted by Gasteiger charge is 2.18. The van der Waals surface area contributed by atoms with Gasteiger partial charge in [-0.1, -0.05) is 30.3 Å². The molecule has 0 aliphatic carbocycles. The minimum Gasteiger partial charge on any atom is -0.453 e. The number of esters is 1. The zero-order chi connectivity index (χ0) is 19.2. The van der Waals surface area contributed by atoms with E-state index in [1.807, 2.05) is 38.1 Å². The van der Waals surface area contributed by atoms with Crippen LogP contribution in [0.3, 0.4) is 0 Å². The van der Waals surface area contributed by atoms with Gasteiger partial charge in [-0.05, 0) is 31.9 Å². The molecule has 0 spiro atoms. The molecular weight excluding hydrogens is 342 g/mol. The summed E-state index contributed by atoms with van der Waals surface area (Å²) in [5.41, 5.74) is 3.79. The summed E-state index contributed by atoms with van der Waals surface area (Å²) in [5.74, 6) is -0.888. The van der Waals surface area contributed by atoms with Crippen molar-refractivity contribution in [3.63, 3.8) is 0 Å². The summed E-state index contributed by atoms with van der Waals surface area (Å²) in [6, 6.07) is 12.1. The van der Waals surface area contributed by atoms with E-state index in [4.69, 9.17) is 4.74 Å². The molecule has 0 amide bonds. The highest BCUT2D eigenvalue weighted by molar-refractivity contribution is 6.00. The van der Waals surface area contributed by atoms with Gasteiger partial charge in [0.25, 0.3) is 0 Å². The maximum Gasteiger partial charge on any atom is 0.358 e. The molecule has 0 saturated heterocycles. The van der Waals surface area contributed by atoms with Crippen molar-refractivity contribution >= 4 is 11.8 Å². The molecule has 6 heteroatoms. The molecule has 3 rings (SSSR count). The topological polar surface area (TPSA) is 74.1 Å². The number of hydrogen-bond donors (Lipinski definition) is 0. The van der Waals surface area contributed by atoms with Crippen LogP contribution in [0.2, 0.25) is 0 Å². The van der Waals surface area contributed by atoms with E-state index in [9.17, 15) is 9.59 Å². The number of aryl methyl sites for hydroxylation is 2. The second-order valence-corrected chi connectivity index (χ2v) is 6.26. The zero-order valence-electron chi connectivity index (χ0n) is 15.4. The van der Waals surface area contributed by atoms with Crippen molar-refractivity contribution in [2.24, 2.45) is 0 Å². The Bertz CT molecular complexity index is 934. The summed E-state index contributed by atoms with van der Waals surface area (Å²) < 4.78 is 7.19. The summed E-state index contributed by atoms with van der Waals surface area (Å²) >= 11 is 0. The van der Waals surface area contributed by atoms with Gasteiger partial charge >= 0.3 is 5.97 Å². The van der Waals surface area contributed by atoms with Crippen molar-refractivity contribution in [1.82, 2.24) is 14.5 Å². The van der Waals surface area contributed by atoms with Crippen molar-refractivity contribution in [2.45, 2.75) is 26.8 Å². The first-order valence-corrected chi connectivity index (χ1v) is 8.73. The lowest BCUT2D eigenvalue weighted by Gasteiger charge is -2.10. The second kappa shape index (κ2) is 8.40. The Hall–Kier alpha value is -3.28. The number of aromatic nitrogens is 3. The lowest BCUT2D eigenvalue weighted by Crippen LogP contribution is -2.16. The third kappa shape index (κ3) is 4.47. The van der Waals surface area contributed by atoms with Gasteiger partial charge in [0.2, 0.25) is 5.78 Å². The van der Waals surface area contributed by atoms with Crippen LogP contribution in [0.1, 0.15) is 37.8 Å². The summed E-state index contributed by atoms with van der Waals surface area (Å²) in [7, 11) is 0. The lowest BCUT2D eigenvalue weighted by molar-refractivity contribution is 0.0468. The van der Waals surface area contributed by atoms with Gasteiger partial charge in [0.15, 0.2) is 12.3 Å². The molecule has 0 fully saturated rings. The first-order valence-electron chi connectivity index (χ1n) is 8.73. The molecule has 3 aromatic rings. The highest BCUT2D eigenvalue weighted by Crippen LogP contribution is 2.17. The molecule has 0 saturated carbocycles. The molecule has 1 aromatic carbocycles. The molecule has 138 valence electrons. The minimum atomic E-state index is -0.658. The number of ether oxygens (including phenoxy) is 1. The Balaban J connectivity index is 1.64. The largest absolute Gasteiger partial charge is 0.453 e. The summed E-state index contributed by atoms with van der Waals surface area (Å²) in [6.07, 6.45) is 5.06. The van der Waals surface area contributed by atoms with Crippen LogP contribution in [0.4, 0.5) is 0 Å². The van der Waals surface area contributed by atoms with Gasteiger partial charge < -0.3 is 9.30 Å². The smallest absolute Gasteiger partial charge is 0.358 e. The fourth-order valence-electron chi connectivity index (χ4n) is 3.00. The van der Waals surface area contributed by atoms with Crippen LogP contribution in [0.15, 0.2) is 55.0 Å². The maximum atomic E-state index is 12.5. The lowest BCUT2D eigenvalue weighted by atomic mass is 10.1. The van der Waals surface area contributed by atoms with Crippen LogP contribution in [-0.4, -0.2) is 32.9 Å². The van der Waals surface area contributed by atoms with Gasteiger partial charge in [-0.2, -0.15) is 0 Å². The average molecular weight is 363 g/mol. The molecular formula is C21H21N3O3. The molecule has 2 heterocycles. The van der Waals surface area contributed by atoms with Gasteiger partial charge in [0.1, 0.15) is 0 Å². The molecule has 0 aliphatic rings. The molecule has 0 bridgehead atoms. The molecule has 6 nitrogen and oxygen atoms in total. The van der Waals surface area contributed by atoms with E-state index in [1.54, 1.807) is 0 Å². The average Bonchev–Trinajstić information content (AvgIpc) is 2.99. The first kappa shape index (κ1) is 18.5. The third-order valence-corrected chi connectivity index (χ3v) is 4.45. The normalized spacial score (nSPS) is 10.6. The molecule has 0 radical (unpaired) electrons. The van der Waals surface area contributed by atoms with E-state index in [1.165, 1.54) is 24.2 Å². The number of carbonyl (C=O) groups excluding carboxylic acids is 2. The van der Waals surface area contributed by atoms with Crippen LogP contribution in [0.5, 0.6) is 0 Å². The van der Waals surface area contributed by atoms with Crippen LogP contribution in [0.25, 0.3) is 0 Å². The van der Waals surface area contributed by atoms with Gasteiger partial charge in [-0.25, -0.2) is 9.78 Å². The third-order valence-electron chi connectivity index (χ3n) is 4.45. The number of carbonyl (C=O) groups is 2. The standard InChI is InChI=1S/C21H21N3O3/c1-15-12-18(16(2)24(15)11-8-17-6-4-3-5-7-17)20(25)14-27-21(26)19-13-22-9-10-23-19/h3-7,9-10,12-13H,8,11,14H2,1-2H3. The number of hydrogen-bond acceptors (Lipinski definition) is 5. The van der Waals surface area contributed by atoms with Gasteiger partial charge in [-0.15, -0.1) is 0 Å². The Morgan fingerprint density at radius 2 is 1.89 bits per heavy atom. The molecule has 0 N–H and O–H groups in total. The fraction of sp³-hybridized carbons (Fsp3) is 0.238. The number of ketones is 1. The van der Waals surface area contributed by atoms with E-state index < -0.39 is 5.97 Å². The molecule has 27 heavy (non-hydrogen) atoms. The van der Waals surface area contributed by atoms with Crippen molar-refractivity contribution in [2.75, 3.05) is 6.61 Å². The summed E-state index contributed by atoms with van der Waals surface area (Å²) in [5, 5.41) is 0. The maximum absolute atomic E-state index is 12.5. The van der Waals surface area contributed by atoms with E-state index in [-0.39, 0.29) is 18.1 Å². The van der Waals surface area contributed by atoms with Gasteiger partial charge in [0.05, 0.1) is 6.20 Å². The van der Waals surface area contributed by atoms with Crippen LogP contribution in [-0.2, 0) is 17.7 Å². The highest BCUT2D eigenvalue weighted by atomic mass is 16.5. The Morgan fingerprint density at radius 1 is 1.11 bits per heavy atom. The number of Topliss-reactive ketones (excluding diaryl/α,β-unsaturated/α-hetero) is 1. The van der Waals surface area contributed by atoms with E-state index >= 15 is 0 Å². The zero-order valence-corrected chi connectivity index (χ0v) is 15.4. The summed E-state index contributed by atoms with van der Waals surface area (Å²) in [6.45, 7) is 4.35. The van der Waals surface area contributed by atoms with Gasteiger partial charge in [0, 0.05) is 35.9 Å². The van der Waals surface area contributed by atoms with Crippen molar-refractivity contribution < 1.29 is 14.3 Å². The van der Waals surface area contributed by atoms with Crippen LogP contribution in [0, 0.1) is 13.8 Å². The van der Waals surface area contributed by atoms with Crippen molar-refractivity contribution in [1.29, 1.82) is 0 Å². The fourth-order valence-corrected chi connectivity index (χ4v) is 3.00. The monoisotopic (exact) mass is 363 g/mol. The van der Waals surface area contributed by atoms with E-state index in [2.05, 4.69) is 26.7 Å². The van der Waals surface area contributed by atoms with E-state index in [0.29, 0.717) is 5.56 Å². The first-order chi connectivity index (χ1) is 13.1. The Labute approximate surface area is 157 Å². The number of nitrogens with zero attached hydrogens (tertiary/aromatic N) is 3. The number of rotatable bonds is 7. The SMILES string of the molecule is Cc1cc(C(=O)COC(=O)c2cnccn2)c(C)n1CCc1ccccc1. The van der Waals surface area contributed by atoms with Crippen molar-refractivity contribution in [3.8, 4) is 0 Å². The predicted molar refractivity (Wildman–Crippen MR) is 101 cm³/mol. The Morgan fingerprint density at radius 3 is 2.59 bits per heavy atom. The molecule has 2 aromatic heterocycles. The van der Waals surface area contributed by atoms with Crippen LogP contribution < -0.4 is 0 Å². The van der Waals surface area contributed by atoms with E-state index in [0.717, 1.165) is 24.4 Å². The van der Waals surface area contributed by atoms with Crippen LogP contribution >= 0.6 is 0 Å². The molecule has 0 aliphatic heterocycles. The van der Waals surface area contributed by atoms with Crippen molar-refractivity contribution in [3.05, 3.63) is 83.2 Å². The van der Waals surface area contributed by atoms with Gasteiger partial charge in [-0.3, -0.25) is 9.78 Å². The molecule has 0 atom stereocenters. The molecule has 0 unspecified atom stereocenters. The Kier molecular flexibility index (Phi) is 5.76. The summed E-state index contributed by atoms with van der Waals surface area (Å²) in [4.78, 5) is 32.1. The number of benzene rings is 1. The second-order valence-electron chi connectivity index (χ2n) is 6.26. The quantitative estimate of drug-likeness (QED) is 0.476. The predicted octanol–water partition coefficient (Wildman–Crippen LogP) is 3.18.